The number of hydrogen-bond acceptors (Lipinski definition) is 7. The topological polar surface area (TPSA) is 78.9 Å². The van der Waals surface area contributed by atoms with E-state index < -0.39 is 11.6 Å². The summed E-state index contributed by atoms with van der Waals surface area (Å²) in [5.41, 5.74) is 2.38. The van der Waals surface area contributed by atoms with E-state index in [1.165, 1.54) is 23.8 Å². The van der Waals surface area contributed by atoms with E-state index in [1.807, 2.05) is 6.20 Å². The average Bonchev–Trinajstić information content (AvgIpc) is 3.71. The Morgan fingerprint density at radius 2 is 1.83 bits per heavy atom. The second-order valence-corrected chi connectivity index (χ2v) is 9.38. The molecule has 36 heavy (non-hydrogen) atoms. The maximum atomic E-state index is 14.1. The largest absolute Gasteiger partial charge is 0.369 e. The zero-order valence-corrected chi connectivity index (χ0v) is 20.4. The van der Waals surface area contributed by atoms with Gasteiger partial charge in [-0.25, -0.2) is 23.7 Å². The summed E-state index contributed by atoms with van der Waals surface area (Å²) < 4.78 is 28.3. The Morgan fingerprint density at radius 3 is 2.58 bits per heavy atom. The first-order valence-corrected chi connectivity index (χ1v) is 12.2. The van der Waals surface area contributed by atoms with Gasteiger partial charge in [0.2, 0.25) is 0 Å². The van der Waals surface area contributed by atoms with Crippen molar-refractivity contribution < 1.29 is 8.78 Å². The fourth-order valence-electron chi connectivity index (χ4n) is 4.21. The number of rotatable bonds is 10. The first-order valence-electron chi connectivity index (χ1n) is 12.2. The van der Waals surface area contributed by atoms with E-state index in [2.05, 4.69) is 39.6 Å². The first-order chi connectivity index (χ1) is 17.5. The monoisotopic (exact) mass is 489 g/mol. The van der Waals surface area contributed by atoms with Crippen LogP contribution in [0, 0.1) is 11.6 Å². The molecular formula is C27H29F2N7. The second kappa shape index (κ2) is 10.5. The molecule has 0 aliphatic heterocycles. The summed E-state index contributed by atoms with van der Waals surface area (Å²) >= 11 is 0. The molecule has 3 aromatic heterocycles. The van der Waals surface area contributed by atoms with E-state index >= 15 is 0 Å². The van der Waals surface area contributed by atoms with Crippen LogP contribution >= 0.6 is 0 Å². The minimum Gasteiger partial charge on any atom is -0.369 e. The van der Waals surface area contributed by atoms with Crippen molar-refractivity contribution in [2.45, 2.75) is 31.6 Å². The smallest absolute Gasteiger partial charge is 0.162 e. The lowest BCUT2D eigenvalue weighted by Gasteiger charge is -2.15. The summed E-state index contributed by atoms with van der Waals surface area (Å²) in [5.74, 6) is 0.691. The van der Waals surface area contributed by atoms with E-state index in [1.54, 1.807) is 24.5 Å². The van der Waals surface area contributed by atoms with Crippen LogP contribution in [0.2, 0.25) is 0 Å². The number of benzene rings is 1. The number of nitrogens with zero attached hydrogens (tertiary/aromatic N) is 5. The van der Waals surface area contributed by atoms with Gasteiger partial charge in [-0.1, -0.05) is 6.07 Å². The van der Waals surface area contributed by atoms with Crippen molar-refractivity contribution in [3.8, 4) is 11.4 Å². The fraction of sp³-hybridized carbons (Fsp3) is 0.333. The van der Waals surface area contributed by atoms with Gasteiger partial charge in [-0.15, -0.1) is 0 Å². The van der Waals surface area contributed by atoms with Crippen molar-refractivity contribution in [2.24, 2.45) is 0 Å². The van der Waals surface area contributed by atoms with Gasteiger partial charge < -0.3 is 15.5 Å². The Kier molecular flexibility index (Phi) is 6.99. The summed E-state index contributed by atoms with van der Waals surface area (Å²) in [5, 5.41) is 7.30. The average molecular weight is 490 g/mol. The van der Waals surface area contributed by atoms with Crippen molar-refractivity contribution in [3.05, 3.63) is 66.1 Å². The first kappa shape index (κ1) is 24.0. The van der Waals surface area contributed by atoms with Crippen LogP contribution in [0.3, 0.4) is 0 Å². The number of nitrogens with one attached hydrogen (secondary N) is 2. The van der Waals surface area contributed by atoms with Crippen molar-refractivity contribution in [1.82, 2.24) is 24.8 Å². The van der Waals surface area contributed by atoms with Gasteiger partial charge in [0, 0.05) is 29.9 Å². The lowest BCUT2D eigenvalue weighted by Crippen LogP contribution is -2.14. The maximum absolute atomic E-state index is 14.1. The standard InChI is InChI=1S/C27H29F2N7/c1-36(2)13-4-3-11-32-27-24-19(17-8-9-17)15-30-16-22(24)33-26(35-27)18-10-12-31-23(14-18)34-25-20(28)6-5-7-21(25)29/h5-7,10,12,14-17H,3-4,8-9,11,13H2,1-2H3,(H,31,34)(H,32,33,35). The molecule has 9 heteroatoms. The van der Waals surface area contributed by atoms with Crippen molar-refractivity contribution >= 4 is 28.2 Å². The molecule has 0 spiro atoms. The number of halogens is 2. The van der Waals surface area contributed by atoms with Crippen LogP contribution in [0.1, 0.15) is 37.2 Å². The van der Waals surface area contributed by atoms with Gasteiger partial charge in [0.25, 0.3) is 0 Å². The molecule has 1 saturated carbocycles. The van der Waals surface area contributed by atoms with Crippen LogP contribution in [0.25, 0.3) is 22.3 Å². The van der Waals surface area contributed by atoms with Crippen LogP contribution in [0.5, 0.6) is 0 Å². The number of anilines is 3. The molecule has 0 bridgehead atoms. The SMILES string of the molecule is CN(C)CCCCNc1nc(-c2ccnc(Nc3c(F)cccc3F)c2)nc2cncc(C3CC3)c12. The predicted octanol–water partition coefficient (Wildman–Crippen LogP) is 5.74. The van der Waals surface area contributed by atoms with Gasteiger partial charge in [-0.05, 0) is 82.1 Å². The molecule has 1 aromatic carbocycles. The molecule has 186 valence electrons. The number of para-hydroxylation sites is 1. The van der Waals surface area contributed by atoms with Gasteiger partial charge >= 0.3 is 0 Å². The van der Waals surface area contributed by atoms with Gasteiger partial charge in [0.05, 0.1) is 11.7 Å². The second-order valence-electron chi connectivity index (χ2n) is 9.38. The summed E-state index contributed by atoms with van der Waals surface area (Å²) in [6, 6.07) is 7.18. The van der Waals surface area contributed by atoms with Crippen molar-refractivity contribution in [2.75, 3.05) is 37.8 Å². The molecule has 3 heterocycles. The Morgan fingerprint density at radius 1 is 1.03 bits per heavy atom. The zero-order chi connectivity index (χ0) is 25.1. The molecule has 0 radical (unpaired) electrons. The van der Waals surface area contributed by atoms with Gasteiger partial charge in [-0.3, -0.25) is 4.98 Å². The van der Waals surface area contributed by atoms with Gasteiger partial charge in [-0.2, -0.15) is 0 Å². The molecule has 7 nitrogen and oxygen atoms in total. The molecule has 0 amide bonds. The van der Waals surface area contributed by atoms with E-state index in [9.17, 15) is 8.78 Å². The Bertz CT molecular complexity index is 1350. The Balaban J connectivity index is 1.48. The number of unbranched alkanes of at least 4 members (excludes halogenated alkanes) is 1. The third kappa shape index (κ3) is 5.41. The molecule has 2 N–H and O–H groups in total. The number of fused-ring (bicyclic) bond motifs is 1. The molecule has 0 saturated heterocycles. The zero-order valence-electron chi connectivity index (χ0n) is 20.4. The lowest BCUT2D eigenvalue weighted by molar-refractivity contribution is 0.396. The van der Waals surface area contributed by atoms with Crippen LogP contribution in [-0.2, 0) is 0 Å². The summed E-state index contributed by atoms with van der Waals surface area (Å²) in [7, 11) is 4.15. The summed E-state index contributed by atoms with van der Waals surface area (Å²) in [6.45, 7) is 1.83. The highest BCUT2D eigenvalue weighted by atomic mass is 19.1. The Hall–Kier alpha value is -3.72. The van der Waals surface area contributed by atoms with Gasteiger partial charge in [0.15, 0.2) is 5.82 Å². The normalized spacial score (nSPS) is 13.4. The van der Waals surface area contributed by atoms with E-state index in [0.29, 0.717) is 23.1 Å². The van der Waals surface area contributed by atoms with Crippen LogP contribution in [0.4, 0.5) is 26.1 Å². The lowest BCUT2D eigenvalue weighted by atomic mass is 10.1. The molecule has 1 aliphatic carbocycles. The highest BCUT2D eigenvalue weighted by molar-refractivity contribution is 5.93. The number of pyridine rings is 2. The third-order valence-corrected chi connectivity index (χ3v) is 6.21. The van der Waals surface area contributed by atoms with Crippen LogP contribution < -0.4 is 10.6 Å². The van der Waals surface area contributed by atoms with Crippen molar-refractivity contribution in [1.29, 1.82) is 0 Å². The molecule has 4 aromatic rings. The molecule has 0 atom stereocenters. The molecular weight excluding hydrogens is 460 g/mol. The molecule has 0 unspecified atom stereocenters. The quantitative estimate of drug-likeness (QED) is 0.275. The highest BCUT2D eigenvalue weighted by Gasteiger charge is 2.27. The molecule has 5 rings (SSSR count). The maximum Gasteiger partial charge on any atom is 0.162 e. The van der Waals surface area contributed by atoms with Crippen LogP contribution in [0.15, 0.2) is 48.9 Å². The summed E-state index contributed by atoms with van der Waals surface area (Å²) in [4.78, 5) is 20.5. The van der Waals surface area contributed by atoms with Crippen LogP contribution in [-0.4, -0.2) is 52.0 Å². The van der Waals surface area contributed by atoms with Crippen molar-refractivity contribution in [3.63, 3.8) is 0 Å². The predicted molar refractivity (Wildman–Crippen MR) is 138 cm³/mol. The third-order valence-electron chi connectivity index (χ3n) is 6.21. The molecule has 1 aliphatic rings. The van der Waals surface area contributed by atoms with E-state index in [-0.39, 0.29) is 5.69 Å². The fourth-order valence-corrected chi connectivity index (χ4v) is 4.21. The summed E-state index contributed by atoms with van der Waals surface area (Å²) in [6.07, 6.45) is 9.65. The van der Waals surface area contributed by atoms with E-state index in [0.717, 1.165) is 55.5 Å². The van der Waals surface area contributed by atoms with Gasteiger partial charge in [0.1, 0.15) is 29.0 Å². The highest BCUT2D eigenvalue weighted by Crippen LogP contribution is 2.44. The van der Waals surface area contributed by atoms with E-state index in [4.69, 9.17) is 9.97 Å². The minimum absolute atomic E-state index is 0.250. The Labute approximate surface area is 209 Å². The minimum atomic E-state index is -0.691. The number of aromatic nitrogens is 4. The number of hydrogen-bond donors (Lipinski definition) is 2. The molecule has 1 fully saturated rings.